The largest absolute Gasteiger partial charge is 0.497 e. The van der Waals surface area contributed by atoms with Crippen molar-refractivity contribution >= 4 is 22.3 Å². The molecule has 0 amide bonds. The molecule has 0 bridgehead atoms. The van der Waals surface area contributed by atoms with Crippen LogP contribution in [-0.2, 0) is 0 Å². The number of nitrogens with zero attached hydrogens (tertiary/aromatic N) is 2. The maximum Gasteiger partial charge on any atom is 0.349 e. The molecule has 3 aromatic heterocycles. The van der Waals surface area contributed by atoms with Crippen LogP contribution in [0.2, 0.25) is 0 Å². The molecule has 3 heterocycles. The van der Waals surface area contributed by atoms with Crippen molar-refractivity contribution in [2.75, 3.05) is 7.11 Å². The molecule has 23 heavy (non-hydrogen) atoms. The molecule has 4 rings (SSSR count). The van der Waals surface area contributed by atoms with Crippen molar-refractivity contribution in [3.05, 3.63) is 52.2 Å². The zero-order valence-electron chi connectivity index (χ0n) is 12.0. The molecule has 0 aliphatic heterocycles. The molecule has 0 atom stereocenters. The lowest BCUT2D eigenvalue weighted by Crippen LogP contribution is -2.02. The summed E-state index contributed by atoms with van der Waals surface area (Å²) in [5, 5.41) is 6.57. The lowest BCUT2D eigenvalue weighted by Gasteiger charge is -2.02. The first-order chi connectivity index (χ1) is 11.2. The zero-order valence-corrected chi connectivity index (χ0v) is 12.8. The van der Waals surface area contributed by atoms with E-state index in [0.717, 1.165) is 10.3 Å². The molecule has 0 saturated heterocycles. The summed E-state index contributed by atoms with van der Waals surface area (Å²) in [6.07, 6.45) is 0. The van der Waals surface area contributed by atoms with Gasteiger partial charge in [0.2, 0.25) is 5.82 Å². The maximum absolute atomic E-state index is 12.2. The third-order valence-electron chi connectivity index (χ3n) is 3.34. The van der Waals surface area contributed by atoms with Gasteiger partial charge in [-0.05, 0) is 29.6 Å². The summed E-state index contributed by atoms with van der Waals surface area (Å²) < 4.78 is 15.7. The minimum atomic E-state index is -0.535. The Morgan fingerprint density at radius 1 is 1.22 bits per heavy atom. The van der Waals surface area contributed by atoms with Crippen LogP contribution in [-0.4, -0.2) is 17.3 Å². The highest BCUT2D eigenvalue weighted by Gasteiger charge is 2.16. The van der Waals surface area contributed by atoms with Crippen LogP contribution in [0.4, 0.5) is 0 Å². The van der Waals surface area contributed by atoms with Crippen molar-refractivity contribution in [3.8, 4) is 27.9 Å². The standard InChI is InChI=1S/C16H10N2O4S/c1-20-10-5-4-9-7-11(16(19)21-12(9)8-10)15-17-14(18-22-15)13-3-2-6-23-13/h2-8H,1H3. The highest BCUT2D eigenvalue weighted by molar-refractivity contribution is 7.13. The van der Waals surface area contributed by atoms with Gasteiger partial charge < -0.3 is 13.7 Å². The average Bonchev–Trinajstić information content (AvgIpc) is 3.24. The van der Waals surface area contributed by atoms with E-state index >= 15 is 0 Å². The van der Waals surface area contributed by atoms with Crippen LogP contribution >= 0.6 is 11.3 Å². The van der Waals surface area contributed by atoms with Gasteiger partial charge in [-0.25, -0.2) is 4.79 Å². The van der Waals surface area contributed by atoms with Gasteiger partial charge in [0, 0.05) is 11.5 Å². The Bertz CT molecular complexity index is 1030. The SMILES string of the molecule is COc1ccc2cc(-c3nc(-c4cccs4)no3)c(=O)oc2c1. The molecule has 0 N–H and O–H groups in total. The number of thiophene rings is 1. The predicted molar refractivity (Wildman–Crippen MR) is 85.6 cm³/mol. The van der Waals surface area contributed by atoms with Gasteiger partial charge in [-0.15, -0.1) is 11.3 Å². The fourth-order valence-electron chi connectivity index (χ4n) is 2.21. The quantitative estimate of drug-likeness (QED) is 0.535. The van der Waals surface area contributed by atoms with Gasteiger partial charge in [-0.1, -0.05) is 11.2 Å². The first-order valence-electron chi connectivity index (χ1n) is 6.74. The maximum atomic E-state index is 12.2. The monoisotopic (exact) mass is 326 g/mol. The van der Waals surface area contributed by atoms with Crippen LogP contribution in [0.3, 0.4) is 0 Å². The van der Waals surface area contributed by atoms with Crippen LogP contribution in [0.1, 0.15) is 0 Å². The van der Waals surface area contributed by atoms with E-state index in [-0.39, 0.29) is 11.5 Å². The number of hydrogen-bond donors (Lipinski definition) is 0. The van der Waals surface area contributed by atoms with Crippen LogP contribution in [0.25, 0.3) is 33.1 Å². The Labute approximate surface area is 133 Å². The Hall–Kier alpha value is -2.93. The van der Waals surface area contributed by atoms with E-state index in [4.69, 9.17) is 13.7 Å². The highest BCUT2D eigenvalue weighted by Crippen LogP contribution is 2.26. The topological polar surface area (TPSA) is 78.4 Å². The third-order valence-corrected chi connectivity index (χ3v) is 4.21. The van der Waals surface area contributed by atoms with Crippen molar-refractivity contribution in [3.63, 3.8) is 0 Å². The molecule has 0 fully saturated rings. The van der Waals surface area contributed by atoms with Gasteiger partial charge in [0.05, 0.1) is 12.0 Å². The van der Waals surface area contributed by atoms with Crippen LogP contribution in [0.5, 0.6) is 5.75 Å². The lowest BCUT2D eigenvalue weighted by atomic mass is 10.2. The third kappa shape index (κ3) is 2.40. The van der Waals surface area contributed by atoms with Gasteiger partial charge >= 0.3 is 5.63 Å². The van der Waals surface area contributed by atoms with Crippen LogP contribution < -0.4 is 10.4 Å². The highest BCUT2D eigenvalue weighted by atomic mass is 32.1. The number of fused-ring (bicyclic) bond motifs is 1. The number of aromatic nitrogens is 2. The van der Waals surface area contributed by atoms with Crippen LogP contribution in [0, 0.1) is 0 Å². The molecule has 0 radical (unpaired) electrons. The molecular formula is C16H10N2O4S. The van der Waals surface area contributed by atoms with E-state index in [9.17, 15) is 4.79 Å². The summed E-state index contributed by atoms with van der Waals surface area (Å²) in [5.74, 6) is 1.20. The van der Waals surface area contributed by atoms with E-state index in [1.807, 2.05) is 17.5 Å². The first-order valence-corrected chi connectivity index (χ1v) is 7.62. The van der Waals surface area contributed by atoms with E-state index in [1.54, 1.807) is 31.4 Å². The van der Waals surface area contributed by atoms with Crippen molar-refractivity contribution in [2.24, 2.45) is 0 Å². The summed E-state index contributed by atoms with van der Waals surface area (Å²) >= 11 is 1.49. The summed E-state index contributed by atoms with van der Waals surface area (Å²) in [6.45, 7) is 0. The zero-order chi connectivity index (χ0) is 15.8. The van der Waals surface area contributed by atoms with Gasteiger partial charge in [-0.3, -0.25) is 0 Å². The molecule has 0 aliphatic carbocycles. The second-order valence-corrected chi connectivity index (χ2v) is 5.70. The molecule has 0 unspecified atom stereocenters. The summed E-state index contributed by atoms with van der Waals surface area (Å²) in [6, 6.07) is 10.7. The lowest BCUT2D eigenvalue weighted by molar-refractivity contribution is 0.414. The minimum Gasteiger partial charge on any atom is -0.497 e. The fraction of sp³-hybridized carbons (Fsp3) is 0.0625. The molecule has 0 spiro atoms. The van der Waals surface area contributed by atoms with Crippen LogP contribution in [0.15, 0.2) is 55.5 Å². The molecule has 0 saturated carbocycles. The molecule has 6 nitrogen and oxygen atoms in total. The predicted octanol–water partition coefficient (Wildman–Crippen LogP) is 3.58. The van der Waals surface area contributed by atoms with E-state index < -0.39 is 5.63 Å². The summed E-state index contributed by atoms with van der Waals surface area (Å²) in [7, 11) is 1.55. The molecule has 114 valence electrons. The number of rotatable bonds is 3. The van der Waals surface area contributed by atoms with Crippen molar-refractivity contribution in [1.29, 1.82) is 0 Å². The molecule has 4 aromatic rings. The Morgan fingerprint density at radius 3 is 2.91 bits per heavy atom. The van der Waals surface area contributed by atoms with Gasteiger partial charge in [-0.2, -0.15) is 4.98 Å². The number of benzene rings is 1. The fourth-order valence-corrected chi connectivity index (χ4v) is 2.86. The number of ether oxygens (including phenoxy) is 1. The van der Waals surface area contributed by atoms with Gasteiger partial charge in [0.15, 0.2) is 0 Å². The first kappa shape index (κ1) is 13.7. The Morgan fingerprint density at radius 2 is 2.13 bits per heavy atom. The van der Waals surface area contributed by atoms with Crippen molar-refractivity contribution in [1.82, 2.24) is 10.1 Å². The molecule has 0 aliphatic rings. The van der Waals surface area contributed by atoms with Crippen molar-refractivity contribution in [2.45, 2.75) is 0 Å². The van der Waals surface area contributed by atoms with E-state index in [1.165, 1.54) is 11.3 Å². The van der Waals surface area contributed by atoms with Gasteiger partial charge in [0.1, 0.15) is 16.9 Å². The van der Waals surface area contributed by atoms with Crippen molar-refractivity contribution < 1.29 is 13.7 Å². The Balaban J connectivity index is 1.82. The summed E-state index contributed by atoms with van der Waals surface area (Å²) in [5.41, 5.74) is 0.140. The second kappa shape index (κ2) is 5.36. The Kier molecular flexibility index (Phi) is 3.20. The molecular weight excluding hydrogens is 316 g/mol. The molecule has 7 heteroatoms. The van der Waals surface area contributed by atoms with E-state index in [0.29, 0.717) is 17.2 Å². The number of hydrogen-bond acceptors (Lipinski definition) is 7. The normalized spacial score (nSPS) is 11.0. The molecule has 1 aromatic carbocycles. The minimum absolute atomic E-state index is 0.139. The van der Waals surface area contributed by atoms with Gasteiger partial charge in [0.25, 0.3) is 5.89 Å². The second-order valence-electron chi connectivity index (χ2n) is 4.75. The average molecular weight is 326 g/mol. The number of methoxy groups -OCH3 is 1. The van der Waals surface area contributed by atoms with E-state index in [2.05, 4.69) is 10.1 Å². The summed E-state index contributed by atoms with van der Waals surface area (Å²) in [4.78, 5) is 17.3. The smallest absolute Gasteiger partial charge is 0.349 e.